The van der Waals surface area contributed by atoms with Gasteiger partial charge in [0.15, 0.2) is 12.5 Å². The van der Waals surface area contributed by atoms with Crippen LogP contribution in [0.5, 0.6) is 5.75 Å². The fourth-order valence-corrected chi connectivity index (χ4v) is 3.57. The molecule has 1 fully saturated rings. The van der Waals surface area contributed by atoms with Crippen molar-refractivity contribution in [2.45, 2.75) is 19.5 Å². The number of ether oxygens (including phenoxy) is 2. The van der Waals surface area contributed by atoms with Crippen molar-refractivity contribution in [3.05, 3.63) is 29.0 Å². The molecule has 1 aromatic carbocycles. The first-order valence-corrected chi connectivity index (χ1v) is 9.14. The Kier molecular flexibility index (Phi) is 5.73. The zero-order valence-corrected chi connectivity index (χ0v) is 16.2. The predicted octanol–water partition coefficient (Wildman–Crippen LogP) is 1.05. The number of esters is 1. The minimum Gasteiger partial charge on any atom is -0.497 e. The lowest BCUT2D eigenvalue weighted by Gasteiger charge is -2.27. The van der Waals surface area contributed by atoms with E-state index in [2.05, 4.69) is 0 Å². The number of aromatic nitrogens is 3. The van der Waals surface area contributed by atoms with Gasteiger partial charge in [0.2, 0.25) is 4.77 Å². The van der Waals surface area contributed by atoms with E-state index < -0.39 is 0 Å². The molecule has 26 heavy (non-hydrogen) atoms. The highest BCUT2D eigenvalue weighted by atomic mass is 32.1. The van der Waals surface area contributed by atoms with Gasteiger partial charge in [-0.05, 0) is 36.5 Å². The van der Waals surface area contributed by atoms with Crippen LogP contribution in [0.2, 0.25) is 0 Å². The van der Waals surface area contributed by atoms with Crippen molar-refractivity contribution in [2.75, 3.05) is 27.3 Å². The number of methoxy groups -OCH3 is 2. The molecule has 7 nitrogen and oxygen atoms in total. The Morgan fingerprint density at radius 3 is 2.50 bits per heavy atom. The van der Waals surface area contributed by atoms with Gasteiger partial charge in [-0.1, -0.05) is 0 Å². The van der Waals surface area contributed by atoms with Crippen molar-refractivity contribution in [1.82, 2.24) is 14.3 Å². The Labute approximate surface area is 158 Å². The van der Waals surface area contributed by atoms with E-state index in [0.717, 1.165) is 43.1 Å². The molecule has 3 rings (SSSR count). The Balaban J connectivity index is 1.72. The van der Waals surface area contributed by atoms with Crippen molar-refractivity contribution in [1.29, 1.82) is 0 Å². The molecule has 0 aliphatic carbocycles. The minimum absolute atomic E-state index is 0.0234. The first-order chi connectivity index (χ1) is 12.5. The molecule has 0 saturated carbocycles. The van der Waals surface area contributed by atoms with E-state index in [1.807, 2.05) is 40.6 Å². The SMILES string of the molecule is COC(=O)C1CC[NH+](Cn2nc(-c3ccc(OC)cc3)n(C)c2=S)CC1. The van der Waals surface area contributed by atoms with Crippen LogP contribution in [0.25, 0.3) is 11.4 Å². The number of carbonyl (C=O) groups is 1. The topological polar surface area (TPSA) is 62.7 Å². The fraction of sp³-hybridized carbons (Fsp3) is 0.500. The summed E-state index contributed by atoms with van der Waals surface area (Å²) in [7, 11) is 5.04. The van der Waals surface area contributed by atoms with Crippen molar-refractivity contribution >= 4 is 18.2 Å². The van der Waals surface area contributed by atoms with Gasteiger partial charge in [-0.3, -0.25) is 4.79 Å². The van der Waals surface area contributed by atoms with Crippen LogP contribution in [0.15, 0.2) is 24.3 Å². The second-order valence-electron chi connectivity index (χ2n) is 6.60. The van der Waals surface area contributed by atoms with Crippen LogP contribution >= 0.6 is 12.2 Å². The Bertz CT molecular complexity index is 820. The average molecular weight is 377 g/mol. The van der Waals surface area contributed by atoms with E-state index in [1.165, 1.54) is 12.0 Å². The van der Waals surface area contributed by atoms with Crippen LogP contribution in [0.1, 0.15) is 12.8 Å². The Morgan fingerprint density at radius 2 is 1.92 bits per heavy atom. The van der Waals surface area contributed by atoms with Gasteiger partial charge in [-0.15, -0.1) is 5.10 Å². The summed E-state index contributed by atoms with van der Waals surface area (Å²) in [6, 6.07) is 7.80. The molecule has 1 aromatic heterocycles. The Hall–Kier alpha value is -2.19. The third kappa shape index (κ3) is 3.81. The number of quaternary nitrogens is 1. The molecule has 8 heteroatoms. The van der Waals surface area contributed by atoms with Crippen molar-refractivity contribution in [2.24, 2.45) is 13.0 Å². The predicted molar refractivity (Wildman–Crippen MR) is 99.5 cm³/mol. The monoisotopic (exact) mass is 377 g/mol. The van der Waals surface area contributed by atoms with Gasteiger partial charge in [0.05, 0.1) is 33.2 Å². The molecule has 0 atom stereocenters. The number of hydrogen-bond donors (Lipinski definition) is 1. The molecule has 0 unspecified atom stereocenters. The molecule has 0 spiro atoms. The lowest BCUT2D eigenvalue weighted by molar-refractivity contribution is -0.929. The molecule has 0 radical (unpaired) electrons. The maximum atomic E-state index is 11.7. The highest BCUT2D eigenvalue weighted by Crippen LogP contribution is 2.20. The van der Waals surface area contributed by atoms with Crippen LogP contribution in [0.4, 0.5) is 0 Å². The molecule has 1 aliphatic heterocycles. The van der Waals surface area contributed by atoms with Gasteiger partial charge in [-0.2, -0.15) is 4.68 Å². The van der Waals surface area contributed by atoms with E-state index in [1.54, 1.807) is 7.11 Å². The van der Waals surface area contributed by atoms with Crippen LogP contribution in [-0.2, 0) is 23.2 Å². The summed E-state index contributed by atoms with van der Waals surface area (Å²) in [6.45, 7) is 2.53. The van der Waals surface area contributed by atoms with Crippen molar-refractivity contribution < 1.29 is 19.2 Å². The summed E-state index contributed by atoms with van der Waals surface area (Å²) < 4.78 is 14.6. The zero-order chi connectivity index (χ0) is 18.7. The maximum Gasteiger partial charge on any atom is 0.309 e. The summed E-state index contributed by atoms with van der Waals surface area (Å²) in [5, 5.41) is 4.72. The van der Waals surface area contributed by atoms with Crippen LogP contribution in [0, 0.1) is 10.7 Å². The smallest absolute Gasteiger partial charge is 0.309 e. The lowest BCUT2D eigenvalue weighted by Crippen LogP contribution is -3.12. The highest BCUT2D eigenvalue weighted by molar-refractivity contribution is 7.71. The van der Waals surface area contributed by atoms with E-state index in [0.29, 0.717) is 11.4 Å². The number of hydrogen-bond acceptors (Lipinski definition) is 5. The highest BCUT2D eigenvalue weighted by Gasteiger charge is 2.28. The number of carbonyl (C=O) groups excluding carboxylic acids is 1. The lowest BCUT2D eigenvalue weighted by atomic mass is 9.97. The molecular weight excluding hydrogens is 352 g/mol. The number of benzene rings is 1. The van der Waals surface area contributed by atoms with Crippen molar-refractivity contribution in [3.8, 4) is 17.1 Å². The second kappa shape index (κ2) is 8.01. The quantitative estimate of drug-likeness (QED) is 0.623. The number of rotatable bonds is 5. The third-order valence-corrected chi connectivity index (χ3v) is 5.47. The largest absolute Gasteiger partial charge is 0.497 e. The van der Waals surface area contributed by atoms with E-state index in [9.17, 15) is 4.79 Å². The molecular formula is C18H25N4O3S+. The molecule has 0 amide bonds. The van der Waals surface area contributed by atoms with Gasteiger partial charge in [-0.25, -0.2) is 0 Å². The summed E-state index contributed by atoms with van der Waals surface area (Å²) in [5.74, 6) is 1.57. The van der Waals surface area contributed by atoms with Gasteiger partial charge >= 0.3 is 5.97 Å². The normalized spacial score (nSPS) is 20.0. The molecule has 140 valence electrons. The Morgan fingerprint density at radius 1 is 1.27 bits per heavy atom. The zero-order valence-electron chi connectivity index (χ0n) is 15.4. The number of nitrogens with one attached hydrogen (secondary N) is 1. The van der Waals surface area contributed by atoms with Gasteiger partial charge in [0, 0.05) is 25.5 Å². The molecule has 0 bridgehead atoms. The first kappa shape index (κ1) is 18.6. The van der Waals surface area contributed by atoms with E-state index in [4.69, 9.17) is 26.8 Å². The average Bonchev–Trinajstić information content (AvgIpc) is 2.96. The molecule has 2 aromatic rings. The van der Waals surface area contributed by atoms with Gasteiger partial charge in [0.25, 0.3) is 0 Å². The summed E-state index contributed by atoms with van der Waals surface area (Å²) in [6.07, 6.45) is 1.68. The minimum atomic E-state index is -0.0970. The summed E-state index contributed by atoms with van der Waals surface area (Å²) in [4.78, 5) is 13.0. The maximum absolute atomic E-state index is 11.7. The van der Waals surface area contributed by atoms with E-state index in [-0.39, 0.29) is 11.9 Å². The summed E-state index contributed by atoms with van der Waals surface area (Å²) >= 11 is 5.57. The number of nitrogens with zero attached hydrogens (tertiary/aromatic N) is 3. The first-order valence-electron chi connectivity index (χ1n) is 8.73. The number of piperidine rings is 1. The van der Waals surface area contributed by atoms with Crippen LogP contribution < -0.4 is 9.64 Å². The molecule has 1 N–H and O–H groups in total. The third-order valence-electron chi connectivity index (χ3n) is 4.99. The van der Waals surface area contributed by atoms with Crippen LogP contribution in [0.3, 0.4) is 0 Å². The van der Waals surface area contributed by atoms with Gasteiger partial charge in [0.1, 0.15) is 5.75 Å². The fourth-order valence-electron chi connectivity index (χ4n) is 3.38. The van der Waals surface area contributed by atoms with Gasteiger partial charge < -0.3 is 18.9 Å². The van der Waals surface area contributed by atoms with Crippen LogP contribution in [-0.4, -0.2) is 47.6 Å². The number of likely N-dealkylation sites (tertiary alicyclic amines) is 1. The molecule has 1 saturated heterocycles. The standard InChI is InChI=1S/C18H24N4O3S/c1-20-16(13-4-6-15(24-2)7-5-13)19-22(18(20)26)12-21-10-8-14(9-11-21)17(23)25-3/h4-7,14H,8-12H2,1-3H3/p+1. The van der Waals surface area contributed by atoms with E-state index >= 15 is 0 Å². The summed E-state index contributed by atoms with van der Waals surface area (Å²) in [5.41, 5.74) is 0.998. The second-order valence-corrected chi connectivity index (χ2v) is 6.96. The molecule has 2 heterocycles. The van der Waals surface area contributed by atoms with Crippen molar-refractivity contribution in [3.63, 3.8) is 0 Å². The molecule has 1 aliphatic rings.